The predicted octanol–water partition coefficient (Wildman–Crippen LogP) is 4.28. The largest absolute Gasteiger partial charge is 0.103 e. The molecule has 0 bridgehead atoms. The Hall–Kier alpha value is -1.04. The highest BCUT2D eigenvalue weighted by Gasteiger charge is 2.14. The van der Waals surface area contributed by atoms with Gasteiger partial charge in [-0.05, 0) is 55.6 Å². The molecule has 0 nitrogen and oxygen atoms in total. The van der Waals surface area contributed by atoms with Gasteiger partial charge >= 0.3 is 0 Å². The fourth-order valence-corrected chi connectivity index (χ4v) is 2.35. The maximum absolute atomic E-state index is 3.76. The summed E-state index contributed by atoms with van der Waals surface area (Å²) in [6.07, 6.45) is 10.6. The SMILES string of the molecule is C=CCc1ccc(C2CC[CH]CC2)cc1. The molecule has 0 atom stereocenters. The third-order valence-corrected chi connectivity index (χ3v) is 3.27. The van der Waals surface area contributed by atoms with Crippen LogP contribution >= 0.6 is 0 Å². The van der Waals surface area contributed by atoms with E-state index in [1.807, 2.05) is 6.08 Å². The van der Waals surface area contributed by atoms with E-state index >= 15 is 0 Å². The Kier molecular flexibility index (Phi) is 3.60. The van der Waals surface area contributed by atoms with Gasteiger partial charge in [-0.1, -0.05) is 30.3 Å². The average Bonchev–Trinajstić information content (AvgIpc) is 2.32. The van der Waals surface area contributed by atoms with Crippen LogP contribution in [0.2, 0.25) is 0 Å². The van der Waals surface area contributed by atoms with Crippen LogP contribution in [0.25, 0.3) is 0 Å². The molecule has 0 aliphatic heterocycles. The van der Waals surface area contributed by atoms with Gasteiger partial charge in [0, 0.05) is 0 Å². The predicted molar refractivity (Wildman–Crippen MR) is 65.9 cm³/mol. The Bertz CT molecular complexity index is 301. The number of rotatable bonds is 3. The van der Waals surface area contributed by atoms with Gasteiger partial charge in [0.15, 0.2) is 0 Å². The number of hydrogen-bond acceptors (Lipinski definition) is 0. The molecule has 0 aromatic heterocycles. The van der Waals surface area contributed by atoms with Crippen molar-refractivity contribution in [3.05, 3.63) is 54.5 Å². The molecule has 1 aromatic carbocycles. The molecule has 15 heavy (non-hydrogen) atoms. The molecule has 1 saturated carbocycles. The Morgan fingerprint density at radius 3 is 2.40 bits per heavy atom. The second-order valence-corrected chi connectivity index (χ2v) is 4.37. The van der Waals surface area contributed by atoms with Crippen LogP contribution < -0.4 is 0 Å². The van der Waals surface area contributed by atoms with Crippen molar-refractivity contribution in [1.82, 2.24) is 0 Å². The van der Waals surface area contributed by atoms with Gasteiger partial charge in [-0.2, -0.15) is 0 Å². The lowest BCUT2D eigenvalue weighted by Crippen LogP contribution is -2.04. The maximum atomic E-state index is 3.76. The van der Waals surface area contributed by atoms with Crippen LogP contribution in [0.1, 0.15) is 42.7 Å². The zero-order valence-electron chi connectivity index (χ0n) is 9.28. The number of allylic oxidation sites excluding steroid dienone is 1. The lowest BCUT2D eigenvalue weighted by Gasteiger charge is -2.21. The van der Waals surface area contributed by atoms with Crippen LogP contribution in [0.5, 0.6) is 0 Å². The molecular formula is C15H19. The van der Waals surface area contributed by atoms with Crippen molar-refractivity contribution in [3.8, 4) is 0 Å². The van der Waals surface area contributed by atoms with Gasteiger partial charge in [0.1, 0.15) is 0 Å². The van der Waals surface area contributed by atoms with E-state index in [-0.39, 0.29) is 0 Å². The lowest BCUT2D eigenvalue weighted by atomic mass is 9.84. The summed E-state index contributed by atoms with van der Waals surface area (Å²) in [6, 6.07) is 9.09. The van der Waals surface area contributed by atoms with Crippen molar-refractivity contribution in [3.63, 3.8) is 0 Å². The zero-order chi connectivity index (χ0) is 10.5. The molecule has 0 saturated heterocycles. The first-order valence-corrected chi connectivity index (χ1v) is 5.91. The minimum absolute atomic E-state index is 0.799. The van der Waals surface area contributed by atoms with E-state index in [0.29, 0.717) is 0 Å². The van der Waals surface area contributed by atoms with E-state index in [9.17, 15) is 0 Å². The molecule has 1 aliphatic carbocycles. The summed E-state index contributed by atoms with van der Waals surface area (Å²) in [7, 11) is 0. The van der Waals surface area contributed by atoms with Crippen LogP contribution in [-0.4, -0.2) is 0 Å². The molecule has 0 N–H and O–H groups in total. The fraction of sp³-hybridized carbons (Fsp3) is 0.400. The molecule has 0 heterocycles. The highest BCUT2D eigenvalue weighted by molar-refractivity contribution is 5.27. The van der Waals surface area contributed by atoms with E-state index in [1.54, 1.807) is 0 Å². The van der Waals surface area contributed by atoms with Gasteiger partial charge in [-0.3, -0.25) is 0 Å². The third kappa shape index (κ3) is 2.71. The number of hydrogen-bond donors (Lipinski definition) is 0. The summed E-state index contributed by atoms with van der Waals surface area (Å²) in [5.41, 5.74) is 2.90. The van der Waals surface area contributed by atoms with E-state index in [0.717, 1.165) is 12.3 Å². The Morgan fingerprint density at radius 2 is 1.80 bits per heavy atom. The molecule has 0 spiro atoms. The Balaban J connectivity index is 2.04. The number of benzene rings is 1. The van der Waals surface area contributed by atoms with Crippen molar-refractivity contribution in [1.29, 1.82) is 0 Å². The normalized spacial score (nSPS) is 17.6. The van der Waals surface area contributed by atoms with Crippen molar-refractivity contribution in [2.75, 3.05) is 0 Å². The summed E-state index contributed by atoms with van der Waals surface area (Å²) >= 11 is 0. The second-order valence-electron chi connectivity index (χ2n) is 4.37. The van der Waals surface area contributed by atoms with Gasteiger partial charge in [-0.25, -0.2) is 0 Å². The van der Waals surface area contributed by atoms with Gasteiger partial charge in [0.25, 0.3) is 0 Å². The Morgan fingerprint density at radius 1 is 1.13 bits per heavy atom. The van der Waals surface area contributed by atoms with Crippen molar-refractivity contribution < 1.29 is 0 Å². The van der Waals surface area contributed by atoms with Crippen LogP contribution in [0.3, 0.4) is 0 Å². The van der Waals surface area contributed by atoms with Crippen LogP contribution in [-0.2, 0) is 6.42 Å². The molecular weight excluding hydrogens is 180 g/mol. The molecule has 0 amide bonds. The first-order valence-electron chi connectivity index (χ1n) is 5.91. The minimum Gasteiger partial charge on any atom is -0.103 e. The summed E-state index contributed by atoms with van der Waals surface area (Å²) in [6.45, 7) is 3.76. The van der Waals surface area contributed by atoms with Gasteiger partial charge in [-0.15, -0.1) is 6.58 Å². The van der Waals surface area contributed by atoms with Crippen molar-refractivity contribution in [2.24, 2.45) is 0 Å². The fourth-order valence-electron chi connectivity index (χ4n) is 2.35. The third-order valence-electron chi connectivity index (χ3n) is 3.27. The van der Waals surface area contributed by atoms with Crippen molar-refractivity contribution in [2.45, 2.75) is 38.0 Å². The highest BCUT2D eigenvalue weighted by atomic mass is 14.2. The summed E-state index contributed by atoms with van der Waals surface area (Å²) < 4.78 is 0. The van der Waals surface area contributed by atoms with Gasteiger partial charge in [0.2, 0.25) is 0 Å². The van der Waals surface area contributed by atoms with Crippen LogP contribution in [0.15, 0.2) is 36.9 Å². The zero-order valence-corrected chi connectivity index (χ0v) is 9.28. The standard InChI is InChI=1S/C15H19/c1-2-6-13-9-11-15(12-10-13)14-7-4-3-5-8-14/h2-3,9-12,14H,1,4-8H2. The van der Waals surface area contributed by atoms with Crippen molar-refractivity contribution >= 4 is 0 Å². The summed E-state index contributed by atoms with van der Waals surface area (Å²) in [4.78, 5) is 0. The molecule has 79 valence electrons. The summed E-state index contributed by atoms with van der Waals surface area (Å²) in [5, 5.41) is 0. The molecule has 1 aliphatic rings. The molecule has 2 rings (SSSR count). The van der Waals surface area contributed by atoms with E-state index in [4.69, 9.17) is 0 Å². The molecule has 1 aromatic rings. The molecule has 0 heteroatoms. The molecule has 1 radical (unpaired) electrons. The highest BCUT2D eigenvalue weighted by Crippen LogP contribution is 2.32. The quantitative estimate of drug-likeness (QED) is 0.637. The molecule has 0 unspecified atom stereocenters. The van der Waals surface area contributed by atoms with Crippen LogP contribution in [0.4, 0.5) is 0 Å². The first-order chi connectivity index (χ1) is 7.40. The van der Waals surface area contributed by atoms with E-state index in [2.05, 4.69) is 37.3 Å². The van der Waals surface area contributed by atoms with E-state index in [1.165, 1.54) is 36.8 Å². The second kappa shape index (κ2) is 5.16. The Labute approximate surface area is 93.0 Å². The smallest absolute Gasteiger partial charge is 0.0100 e. The topological polar surface area (TPSA) is 0 Å². The summed E-state index contributed by atoms with van der Waals surface area (Å²) in [5.74, 6) is 0.799. The van der Waals surface area contributed by atoms with Crippen LogP contribution in [0, 0.1) is 6.42 Å². The minimum atomic E-state index is 0.799. The molecule has 1 fully saturated rings. The van der Waals surface area contributed by atoms with Gasteiger partial charge in [0.05, 0.1) is 0 Å². The average molecular weight is 199 g/mol. The monoisotopic (exact) mass is 199 g/mol. The maximum Gasteiger partial charge on any atom is -0.0100 e. The lowest BCUT2D eigenvalue weighted by molar-refractivity contribution is 0.512. The van der Waals surface area contributed by atoms with E-state index < -0.39 is 0 Å². The first kappa shape index (κ1) is 10.5. The van der Waals surface area contributed by atoms with Gasteiger partial charge < -0.3 is 0 Å².